The van der Waals surface area contributed by atoms with Crippen LogP contribution in [-0.4, -0.2) is 37.2 Å². The molecule has 0 atom stereocenters. The van der Waals surface area contributed by atoms with Crippen LogP contribution in [0.3, 0.4) is 0 Å². The van der Waals surface area contributed by atoms with Crippen molar-refractivity contribution in [2.24, 2.45) is 0 Å². The summed E-state index contributed by atoms with van der Waals surface area (Å²) in [5, 5.41) is 8.69. The van der Waals surface area contributed by atoms with Crippen LogP contribution in [-0.2, 0) is 9.59 Å². The summed E-state index contributed by atoms with van der Waals surface area (Å²) in [4.78, 5) is 23.3. The number of ether oxygens (including phenoxy) is 2. The zero-order valence-electron chi connectivity index (χ0n) is 13.5. The van der Waals surface area contributed by atoms with E-state index in [1.165, 1.54) is 0 Å². The maximum absolute atomic E-state index is 11.7. The number of benzene rings is 1. The smallest absolute Gasteiger partial charge is 0.235 e. The third-order valence-corrected chi connectivity index (χ3v) is 2.97. The number of amides is 2. The molecule has 1 aromatic carbocycles. The minimum atomic E-state index is -0.461. The largest absolute Gasteiger partial charge is 0.497 e. The lowest BCUT2D eigenvalue weighted by atomic mass is 10.3. The van der Waals surface area contributed by atoms with Crippen LogP contribution < -0.4 is 20.1 Å². The number of nitrogens with one attached hydrogen (secondary N) is 2. The molecule has 0 aliphatic carbocycles. The van der Waals surface area contributed by atoms with E-state index in [1.54, 1.807) is 44.4 Å². The van der Waals surface area contributed by atoms with Gasteiger partial charge in [0.1, 0.15) is 30.3 Å². The average molecular weight is 333 g/mol. The molecule has 0 bridgehead atoms. The lowest BCUT2D eigenvalue weighted by molar-refractivity contribution is -0.126. The van der Waals surface area contributed by atoms with Crippen molar-refractivity contribution in [1.29, 1.82) is 0 Å². The molecule has 0 fully saturated rings. The minimum Gasteiger partial charge on any atom is -0.497 e. The number of aromatic nitrogens is 1. The summed E-state index contributed by atoms with van der Waals surface area (Å²) in [6.07, 6.45) is -0.297. The Kier molecular flexibility index (Phi) is 6.18. The molecule has 0 radical (unpaired) electrons. The zero-order valence-corrected chi connectivity index (χ0v) is 13.5. The maximum Gasteiger partial charge on any atom is 0.235 e. The Morgan fingerprint density at radius 1 is 1.17 bits per heavy atom. The van der Waals surface area contributed by atoms with E-state index in [4.69, 9.17) is 14.0 Å². The highest BCUT2D eigenvalue weighted by atomic mass is 16.5. The van der Waals surface area contributed by atoms with Gasteiger partial charge >= 0.3 is 0 Å². The highest BCUT2D eigenvalue weighted by Crippen LogP contribution is 2.16. The molecule has 0 saturated heterocycles. The third kappa shape index (κ3) is 5.64. The van der Waals surface area contributed by atoms with Gasteiger partial charge in [-0.15, -0.1) is 0 Å². The van der Waals surface area contributed by atoms with Gasteiger partial charge in [0.25, 0.3) is 0 Å². The van der Waals surface area contributed by atoms with Gasteiger partial charge in [0.05, 0.1) is 13.7 Å². The van der Waals surface area contributed by atoms with Crippen molar-refractivity contribution in [2.45, 2.75) is 13.3 Å². The molecule has 2 aromatic rings. The van der Waals surface area contributed by atoms with E-state index in [9.17, 15) is 9.59 Å². The van der Waals surface area contributed by atoms with Crippen LogP contribution in [0.15, 0.2) is 34.9 Å². The Morgan fingerprint density at radius 3 is 2.50 bits per heavy atom. The summed E-state index contributed by atoms with van der Waals surface area (Å²) in [6.45, 7) is 2.29. The maximum atomic E-state index is 11.7. The monoisotopic (exact) mass is 333 g/mol. The molecule has 2 N–H and O–H groups in total. The number of hydrogen-bond acceptors (Lipinski definition) is 6. The molecule has 0 saturated carbocycles. The first-order valence-corrected chi connectivity index (χ1v) is 7.33. The van der Waals surface area contributed by atoms with Crippen LogP contribution in [0.4, 0.5) is 5.82 Å². The number of nitrogens with zero attached hydrogens (tertiary/aromatic N) is 1. The topological polar surface area (TPSA) is 103 Å². The van der Waals surface area contributed by atoms with Gasteiger partial charge in [-0.2, -0.15) is 0 Å². The number of carbonyl (C=O) groups excluding carboxylic acids is 2. The predicted molar refractivity (Wildman–Crippen MR) is 86.0 cm³/mol. The molecular formula is C16H19N3O5. The Morgan fingerprint density at radius 2 is 1.88 bits per heavy atom. The van der Waals surface area contributed by atoms with Gasteiger partial charge in [0.2, 0.25) is 11.8 Å². The lowest BCUT2D eigenvalue weighted by Crippen LogP contribution is -2.31. The van der Waals surface area contributed by atoms with Gasteiger partial charge in [-0.1, -0.05) is 5.16 Å². The van der Waals surface area contributed by atoms with Crippen LogP contribution >= 0.6 is 0 Å². The summed E-state index contributed by atoms with van der Waals surface area (Å²) in [6, 6.07) is 8.67. The van der Waals surface area contributed by atoms with E-state index in [0.29, 0.717) is 24.7 Å². The van der Waals surface area contributed by atoms with E-state index in [2.05, 4.69) is 15.8 Å². The van der Waals surface area contributed by atoms with Crippen molar-refractivity contribution in [1.82, 2.24) is 10.5 Å². The summed E-state index contributed by atoms with van der Waals surface area (Å²) < 4.78 is 15.3. The lowest BCUT2D eigenvalue weighted by Gasteiger charge is -2.08. The first-order valence-electron chi connectivity index (χ1n) is 7.33. The van der Waals surface area contributed by atoms with Gasteiger partial charge in [-0.3, -0.25) is 9.59 Å². The van der Waals surface area contributed by atoms with E-state index in [1.807, 2.05) is 0 Å². The van der Waals surface area contributed by atoms with Crippen LogP contribution in [0, 0.1) is 6.92 Å². The fourth-order valence-electron chi connectivity index (χ4n) is 1.85. The van der Waals surface area contributed by atoms with Crippen molar-refractivity contribution in [2.75, 3.05) is 25.6 Å². The molecule has 8 nitrogen and oxygen atoms in total. The second-order valence-electron chi connectivity index (χ2n) is 4.92. The SMILES string of the molecule is COc1ccc(OCCNC(=O)CC(=O)Nc2cc(C)on2)cc1. The van der Waals surface area contributed by atoms with Crippen molar-refractivity contribution >= 4 is 17.6 Å². The Labute approximate surface area is 139 Å². The highest BCUT2D eigenvalue weighted by Gasteiger charge is 2.11. The van der Waals surface area contributed by atoms with Gasteiger partial charge in [-0.25, -0.2) is 0 Å². The second-order valence-corrected chi connectivity index (χ2v) is 4.92. The number of anilines is 1. The van der Waals surface area contributed by atoms with Gasteiger partial charge in [0.15, 0.2) is 5.82 Å². The number of rotatable bonds is 8. The van der Waals surface area contributed by atoms with Crippen molar-refractivity contribution in [3.05, 3.63) is 36.1 Å². The third-order valence-electron chi connectivity index (χ3n) is 2.97. The number of methoxy groups -OCH3 is 1. The zero-order chi connectivity index (χ0) is 17.4. The Balaban J connectivity index is 1.62. The first kappa shape index (κ1) is 17.3. The highest BCUT2D eigenvalue weighted by molar-refractivity contribution is 6.03. The predicted octanol–water partition coefficient (Wildman–Crippen LogP) is 1.52. The molecule has 0 unspecified atom stereocenters. The molecule has 8 heteroatoms. The molecule has 1 heterocycles. The molecule has 0 aliphatic heterocycles. The fraction of sp³-hybridized carbons (Fsp3) is 0.312. The molecule has 2 rings (SSSR count). The van der Waals surface area contributed by atoms with E-state index in [0.717, 1.165) is 5.75 Å². The molecule has 128 valence electrons. The first-order chi connectivity index (χ1) is 11.6. The number of carbonyl (C=O) groups is 2. The quantitative estimate of drug-likeness (QED) is 0.561. The summed E-state index contributed by atoms with van der Waals surface area (Å²) in [5.41, 5.74) is 0. The van der Waals surface area contributed by atoms with Crippen LogP contribution in [0.5, 0.6) is 11.5 Å². The van der Waals surface area contributed by atoms with Gasteiger partial charge in [0, 0.05) is 6.07 Å². The van der Waals surface area contributed by atoms with E-state index >= 15 is 0 Å². The van der Waals surface area contributed by atoms with Gasteiger partial charge < -0.3 is 24.6 Å². The van der Waals surface area contributed by atoms with E-state index < -0.39 is 11.8 Å². The standard InChI is InChI=1S/C16H19N3O5/c1-11-9-14(19-24-11)18-16(21)10-15(20)17-7-8-23-13-5-3-12(22-2)4-6-13/h3-6,9H,7-8,10H2,1-2H3,(H,17,20)(H,18,19,21). The second kappa shape index (κ2) is 8.56. The summed E-state index contributed by atoms with van der Waals surface area (Å²) in [7, 11) is 1.59. The van der Waals surface area contributed by atoms with Crippen LogP contribution in [0.2, 0.25) is 0 Å². The van der Waals surface area contributed by atoms with Crippen molar-refractivity contribution in [3.63, 3.8) is 0 Å². The van der Waals surface area contributed by atoms with E-state index in [-0.39, 0.29) is 12.2 Å². The number of hydrogen-bond donors (Lipinski definition) is 2. The normalized spacial score (nSPS) is 10.1. The molecule has 24 heavy (non-hydrogen) atoms. The fourth-order valence-corrected chi connectivity index (χ4v) is 1.85. The van der Waals surface area contributed by atoms with Crippen molar-refractivity contribution < 1.29 is 23.6 Å². The van der Waals surface area contributed by atoms with Gasteiger partial charge in [-0.05, 0) is 31.2 Å². The molecule has 2 amide bonds. The molecular weight excluding hydrogens is 314 g/mol. The molecule has 1 aromatic heterocycles. The van der Waals surface area contributed by atoms with Crippen LogP contribution in [0.25, 0.3) is 0 Å². The minimum absolute atomic E-state index is 0.285. The van der Waals surface area contributed by atoms with Crippen molar-refractivity contribution in [3.8, 4) is 11.5 Å². The molecule has 0 aliphatic rings. The van der Waals surface area contributed by atoms with Crippen LogP contribution in [0.1, 0.15) is 12.2 Å². The summed E-state index contributed by atoms with van der Waals surface area (Å²) in [5.74, 6) is 1.41. The Hall–Kier alpha value is -3.03. The Bertz CT molecular complexity index is 681. The average Bonchev–Trinajstić information content (AvgIpc) is 2.96. The number of aryl methyl sites for hydroxylation is 1. The molecule has 0 spiro atoms. The summed E-state index contributed by atoms with van der Waals surface area (Å²) >= 11 is 0.